The topological polar surface area (TPSA) is 60.7 Å². The van der Waals surface area contributed by atoms with E-state index < -0.39 is 0 Å². The molecule has 0 N–H and O–H groups in total. The van der Waals surface area contributed by atoms with Crippen molar-refractivity contribution in [3.8, 4) is 0 Å². The van der Waals surface area contributed by atoms with Gasteiger partial charge >= 0.3 is 5.97 Å². The number of nitrogens with zero attached hydrogens (tertiary/aromatic N) is 2. The summed E-state index contributed by atoms with van der Waals surface area (Å²) in [5.74, 6) is 1.86. The van der Waals surface area contributed by atoms with Crippen LogP contribution in [0.4, 0.5) is 0 Å². The molecule has 0 saturated heterocycles. The fourth-order valence-electron chi connectivity index (χ4n) is 6.17. The van der Waals surface area contributed by atoms with Gasteiger partial charge in [-0.15, -0.1) is 0 Å². The summed E-state index contributed by atoms with van der Waals surface area (Å²) < 4.78 is 8.02. The molecule has 0 atom stereocenters. The van der Waals surface area contributed by atoms with Crippen LogP contribution in [0, 0.1) is 23.2 Å². The molecule has 6 rings (SSSR count). The number of esters is 1. The van der Waals surface area contributed by atoms with Crippen LogP contribution in [0.25, 0.3) is 10.2 Å². The number of fused-ring (bicyclic) bond motifs is 1. The lowest BCUT2D eigenvalue weighted by molar-refractivity contribution is -0.144. The Morgan fingerprint density at radius 1 is 1.14 bits per heavy atom. The van der Waals surface area contributed by atoms with Gasteiger partial charge in [-0.05, 0) is 75.3 Å². The molecule has 6 heteroatoms. The number of ether oxygens (including phenoxy) is 1. The van der Waals surface area contributed by atoms with Gasteiger partial charge in [0.2, 0.25) is 0 Å². The Bertz CT molecular complexity index is 967. The lowest BCUT2D eigenvalue weighted by Crippen LogP contribution is -2.50. The molecule has 5 nitrogen and oxygen atoms in total. The van der Waals surface area contributed by atoms with E-state index in [4.69, 9.17) is 4.74 Å². The van der Waals surface area contributed by atoms with E-state index in [0.29, 0.717) is 29.2 Å². The van der Waals surface area contributed by atoms with Gasteiger partial charge in [-0.3, -0.25) is 9.59 Å². The molecule has 4 fully saturated rings. The molecule has 4 aliphatic carbocycles. The van der Waals surface area contributed by atoms with Gasteiger partial charge in [0.05, 0.1) is 22.2 Å². The molecule has 0 unspecified atom stereocenters. The normalized spacial score (nSPS) is 31.5. The summed E-state index contributed by atoms with van der Waals surface area (Å²) in [7, 11) is 0. The van der Waals surface area contributed by atoms with Gasteiger partial charge in [0.25, 0.3) is 5.91 Å². The predicted molar refractivity (Wildman–Crippen MR) is 108 cm³/mol. The Morgan fingerprint density at radius 3 is 2.43 bits per heavy atom. The zero-order chi connectivity index (χ0) is 19.3. The van der Waals surface area contributed by atoms with Gasteiger partial charge in [0.1, 0.15) is 6.54 Å². The first-order chi connectivity index (χ1) is 13.6. The van der Waals surface area contributed by atoms with Crippen LogP contribution >= 0.6 is 11.3 Å². The number of hydrogen-bond acceptors (Lipinski definition) is 4. The van der Waals surface area contributed by atoms with Crippen LogP contribution in [-0.2, 0) is 20.9 Å². The third kappa shape index (κ3) is 3.02. The number of para-hydroxylation sites is 1. The van der Waals surface area contributed by atoms with Gasteiger partial charge in [-0.1, -0.05) is 23.5 Å². The minimum atomic E-state index is -0.297. The maximum atomic E-state index is 13.4. The van der Waals surface area contributed by atoms with Gasteiger partial charge < -0.3 is 9.30 Å². The number of thiazole rings is 1. The summed E-state index contributed by atoms with van der Waals surface area (Å²) in [5.41, 5.74) is 0.671. The molecular weight excluding hydrogens is 372 g/mol. The molecule has 0 radical (unpaired) electrons. The van der Waals surface area contributed by atoms with Crippen LogP contribution in [0.1, 0.15) is 45.4 Å². The summed E-state index contributed by atoms with van der Waals surface area (Å²) >= 11 is 1.48. The highest BCUT2D eigenvalue weighted by Gasteiger charge is 2.54. The van der Waals surface area contributed by atoms with Crippen molar-refractivity contribution in [1.82, 2.24) is 4.57 Å². The van der Waals surface area contributed by atoms with E-state index in [1.54, 1.807) is 6.92 Å². The van der Waals surface area contributed by atoms with E-state index in [9.17, 15) is 9.59 Å². The summed E-state index contributed by atoms with van der Waals surface area (Å²) in [5, 5.41) is 0. The Hall–Kier alpha value is -1.95. The molecule has 2 aromatic rings. The summed E-state index contributed by atoms with van der Waals surface area (Å²) in [6.45, 7) is 2.24. The predicted octanol–water partition coefficient (Wildman–Crippen LogP) is 3.91. The SMILES string of the molecule is CCOC(=O)Cn1/c(=N\C(=O)C23CC4CC(CC(C4)C2)C3)sc2ccccc21. The van der Waals surface area contributed by atoms with E-state index in [1.807, 2.05) is 28.8 Å². The van der Waals surface area contributed by atoms with Crippen LogP contribution in [0.5, 0.6) is 0 Å². The summed E-state index contributed by atoms with van der Waals surface area (Å²) in [6.07, 6.45) is 6.92. The zero-order valence-corrected chi connectivity index (χ0v) is 17.0. The second kappa shape index (κ2) is 6.83. The highest BCUT2D eigenvalue weighted by molar-refractivity contribution is 7.16. The molecule has 4 saturated carbocycles. The first-order valence-corrected chi connectivity index (χ1v) is 11.2. The summed E-state index contributed by atoms with van der Waals surface area (Å²) in [4.78, 5) is 30.8. The van der Waals surface area contributed by atoms with E-state index in [2.05, 4.69) is 4.99 Å². The lowest BCUT2D eigenvalue weighted by atomic mass is 9.49. The number of amides is 1. The van der Waals surface area contributed by atoms with Gasteiger partial charge in [-0.2, -0.15) is 4.99 Å². The second-order valence-electron chi connectivity index (χ2n) is 8.86. The number of aromatic nitrogens is 1. The monoisotopic (exact) mass is 398 g/mol. The van der Waals surface area contributed by atoms with Crippen LogP contribution in [0.15, 0.2) is 29.3 Å². The van der Waals surface area contributed by atoms with Crippen molar-refractivity contribution in [1.29, 1.82) is 0 Å². The largest absolute Gasteiger partial charge is 0.465 e. The number of benzene rings is 1. The highest BCUT2D eigenvalue weighted by atomic mass is 32.1. The quantitative estimate of drug-likeness (QED) is 0.734. The fraction of sp³-hybridized carbons (Fsp3) is 0.591. The van der Waals surface area contributed by atoms with Crippen molar-refractivity contribution in [3.05, 3.63) is 29.1 Å². The molecule has 0 aliphatic heterocycles. The molecule has 1 heterocycles. The van der Waals surface area contributed by atoms with Gasteiger partial charge in [-0.25, -0.2) is 0 Å². The number of carbonyl (C=O) groups is 2. The molecule has 4 bridgehead atoms. The van der Waals surface area contributed by atoms with E-state index >= 15 is 0 Å². The minimum Gasteiger partial charge on any atom is -0.465 e. The van der Waals surface area contributed by atoms with Crippen LogP contribution < -0.4 is 4.80 Å². The number of rotatable bonds is 4. The molecule has 0 spiro atoms. The smallest absolute Gasteiger partial charge is 0.326 e. The average molecular weight is 399 g/mol. The first kappa shape index (κ1) is 18.1. The van der Waals surface area contributed by atoms with Crippen molar-refractivity contribution in [2.24, 2.45) is 28.2 Å². The average Bonchev–Trinajstić information content (AvgIpc) is 2.98. The molecule has 148 valence electrons. The molecule has 1 aromatic carbocycles. The molecule has 4 aliphatic rings. The Morgan fingerprint density at radius 2 is 1.79 bits per heavy atom. The van der Waals surface area contributed by atoms with Crippen LogP contribution in [0.2, 0.25) is 0 Å². The van der Waals surface area contributed by atoms with Crippen molar-refractivity contribution in [2.75, 3.05) is 6.61 Å². The number of carbonyl (C=O) groups excluding carboxylic acids is 2. The van der Waals surface area contributed by atoms with Crippen molar-refractivity contribution in [2.45, 2.75) is 52.0 Å². The molecule has 28 heavy (non-hydrogen) atoms. The summed E-state index contributed by atoms with van der Waals surface area (Å²) in [6, 6.07) is 7.90. The van der Waals surface area contributed by atoms with Crippen LogP contribution in [-0.4, -0.2) is 23.1 Å². The Kier molecular flexibility index (Phi) is 4.42. The standard InChI is InChI=1S/C22H26N2O3S/c1-2-27-19(25)13-24-17-5-3-4-6-18(17)28-21(24)23-20(26)22-10-14-7-15(11-22)9-16(8-14)12-22/h3-6,14-16H,2,7-13H2,1H3/b23-21+. The second-order valence-corrected chi connectivity index (χ2v) is 9.87. The molecule has 1 amide bonds. The first-order valence-electron chi connectivity index (χ1n) is 10.4. The Labute approximate surface area is 168 Å². The van der Waals surface area contributed by atoms with Gasteiger partial charge in [0, 0.05) is 0 Å². The van der Waals surface area contributed by atoms with Crippen LogP contribution in [0.3, 0.4) is 0 Å². The fourth-order valence-corrected chi connectivity index (χ4v) is 7.20. The van der Waals surface area contributed by atoms with E-state index in [-0.39, 0.29) is 23.8 Å². The Balaban J connectivity index is 1.54. The molecular formula is C22H26N2O3S. The maximum Gasteiger partial charge on any atom is 0.326 e. The van der Waals surface area contributed by atoms with Gasteiger partial charge in [0.15, 0.2) is 4.80 Å². The minimum absolute atomic E-state index is 0.0377. The highest BCUT2D eigenvalue weighted by Crippen LogP contribution is 2.60. The zero-order valence-electron chi connectivity index (χ0n) is 16.2. The maximum absolute atomic E-state index is 13.4. The van der Waals surface area contributed by atoms with E-state index in [0.717, 1.165) is 29.5 Å². The van der Waals surface area contributed by atoms with Crippen molar-refractivity contribution in [3.63, 3.8) is 0 Å². The third-order valence-corrected chi connectivity index (χ3v) is 7.93. The van der Waals surface area contributed by atoms with Crippen molar-refractivity contribution >= 4 is 33.4 Å². The van der Waals surface area contributed by atoms with E-state index in [1.165, 1.54) is 30.6 Å². The third-order valence-electron chi connectivity index (χ3n) is 6.87. The lowest BCUT2D eigenvalue weighted by Gasteiger charge is -2.55. The number of hydrogen-bond donors (Lipinski definition) is 0. The molecule has 1 aromatic heterocycles. The van der Waals surface area contributed by atoms with Crippen molar-refractivity contribution < 1.29 is 14.3 Å².